The number of amides is 1. The molecule has 0 aliphatic carbocycles. The molecule has 1 amide bonds. The number of methoxy groups -OCH3 is 1. The van der Waals surface area contributed by atoms with Gasteiger partial charge < -0.3 is 14.8 Å². The Morgan fingerprint density at radius 1 is 1.31 bits per heavy atom. The van der Waals surface area contributed by atoms with E-state index in [1.807, 2.05) is 25.1 Å². The highest BCUT2D eigenvalue weighted by atomic mass is 32.2. The molecule has 0 saturated heterocycles. The SMILES string of the molecule is CCCOc1ccc(/C=C/C(=O)c2cc3c(s2)SCC(=O)N3)cc1OC. The lowest BCUT2D eigenvalue weighted by Crippen LogP contribution is -2.17. The van der Waals surface area contributed by atoms with Crippen LogP contribution in [0.3, 0.4) is 0 Å². The molecule has 1 aromatic heterocycles. The first-order valence-electron chi connectivity index (χ1n) is 8.20. The van der Waals surface area contributed by atoms with Crippen LogP contribution < -0.4 is 14.8 Å². The summed E-state index contributed by atoms with van der Waals surface area (Å²) in [5.41, 5.74) is 1.58. The third kappa shape index (κ3) is 4.28. The molecule has 0 unspecified atom stereocenters. The van der Waals surface area contributed by atoms with Crippen molar-refractivity contribution in [1.29, 1.82) is 0 Å². The van der Waals surface area contributed by atoms with Crippen LogP contribution in [0, 0.1) is 0 Å². The van der Waals surface area contributed by atoms with Gasteiger partial charge in [0.15, 0.2) is 17.3 Å². The highest BCUT2D eigenvalue weighted by Crippen LogP contribution is 2.39. The standard InChI is InChI=1S/C19H19NO4S2/c1-3-8-24-15-7-5-12(9-16(15)23-2)4-6-14(21)17-10-13-19(26-17)25-11-18(22)20-13/h4-7,9-10H,3,8,11H2,1-2H3,(H,20,22)/b6-4+. The molecule has 26 heavy (non-hydrogen) atoms. The number of allylic oxidation sites excluding steroid dienone is 1. The van der Waals surface area contributed by atoms with Crippen molar-refractivity contribution in [3.63, 3.8) is 0 Å². The van der Waals surface area contributed by atoms with Gasteiger partial charge in [-0.2, -0.15) is 0 Å². The Labute approximate surface area is 160 Å². The van der Waals surface area contributed by atoms with E-state index in [9.17, 15) is 9.59 Å². The van der Waals surface area contributed by atoms with Crippen LogP contribution in [0.2, 0.25) is 0 Å². The van der Waals surface area contributed by atoms with Crippen molar-refractivity contribution in [1.82, 2.24) is 0 Å². The van der Waals surface area contributed by atoms with E-state index in [1.54, 1.807) is 19.3 Å². The zero-order valence-corrected chi connectivity index (χ0v) is 16.2. The molecule has 0 saturated carbocycles. The minimum absolute atomic E-state index is 0.0349. The molecule has 1 aliphatic heterocycles. The molecule has 2 aromatic rings. The molecule has 3 rings (SSSR count). The van der Waals surface area contributed by atoms with Crippen molar-refractivity contribution in [2.24, 2.45) is 0 Å². The van der Waals surface area contributed by atoms with Crippen LogP contribution in [0.4, 0.5) is 5.69 Å². The predicted molar refractivity (Wildman–Crippen MR) is 106 cm³/mol. The predicted octanol–water partition coefficient (Wildman–Crippen LogP) is 4.49. The summed E-state index contributed by atoms with van der Waals surface area (Å²) < 4.78 is 12.0. The highest BCUT2D eigenvalue weighted by Gasteiger charge is 2.20. The van der Waals surface area contributed by atoms with Gasteiger partial charge in [-0.1, -0.05) is 19.1 Å². The number of thiophene rings is 1. The normalized spacial score (nSPS) is 13.4. The molecular weight excluding hydrogens is 370 g/mol. The van der Waals surface area contributed by atoms with E-state index in [-0.39, 0.29) is 11.7 Å². The lowest BCUT2D eigenvalue weighted by Gasteiger charge is -2.10. The van der Waals surface area contributed by atoms with E-state index in [1.165, 1.54) is 29.2 Å². The fraction of sp³-hybridized carbons (Fsp3) is 0.263. The maximum atomic E-state index is 12.4. The molecule has 0 radical (unpaired) electrons. The quantitative estimate of drug-likeness (QED) is 0.558. The molecule has 0 atom stereocenters. The van der Waals surface area contributed by atoms with E-state index < -0.39 is 0 Å². The van der Waals surface area contributed by atoms with Gasteiger partial charge >= 0.3 is 0 Å². The Morgan fingerprint density at radius 3 is 2.92 bits per heavy atom. The van der Waals surface area contributed by atoms with Gasteiger partial charge in [0.2, 0.25) is 5.91 Å². The Morgan fingerprint density at radius 2 is 2.15 bits per heavy atom. The fourth-order valence-electron chi connectivity index (χ4n) is 2.38. The Bertz CT molecular complexity index is 857. The third-order valence-corrected chi connectivity index (χ3v) is 6.06. The smallest absolute Gasteiger partial charge is 0.234 e. The summed E-state index contributed by atoms with van der Waals surface area (Å²) in [5.74, 6) is 1.59. The number of thioether (sulfide) groups is 1. The summed E-state index contributed by atoms with van der Waals surface area (Å²) in [6, 6.07) is 7.30. The number of hydrogen-bond acceptors (Lipinski definition) is 6. The Balaban J connectivity index is 1.73. The first kappa shape index (κ1) is 18.5. The van der Waals surface area contributed by atoms with E-state index in [2.05, 4.69) is 5.32 Å². The molecule has 2 heterocycles. The molecule has 5 nitrogen and oxygen atoms in total. The molecule has 1 aromatic carbocycles. The van der Waals surface area contributed by atoms with Gasteiger partial charge in [0.05, 0.1) is 34.2 Å². The summed E-state index contributed by atoms with van der Waals surface area (Å²) in [6.07, 6.45) is 4.20. The first-order valence-corrected chi connectivity index (χ1v) is 10.0. The molecule has 0 bridgehead atoms. The fourth-order valence-corrected chi connectivity index (χ4v) is 4.43. The van der Waals surface area contributed by atoms with E-state index >= 15 is 0 Å². The first-order chi connectivity index (χ1) is 12.6. The monoisotopic (exact) mass is 389 g/mol. The summed E-state index contributed by atoms with van der Waals surface area (Å²) in [6.45, 7) is 2.67. The van der Waals surface area contributed by atoms with Gasteiger partial charge in [-0.3, -0.25) is 9.59 Å². The lowest BCUT2D eigenvalue weighted by molar-refractivity contribution is -0.113. The zero-order valence-electron chi connectivity index (χ0n) is 14.5. The van der Waals surface area contributed by atoms with Crippen molar-refractivity contribution in [3.8, 4) is 11.5 Å². The molecule has 1 aliphatic rings. The van der Waals surface area contributed by atoms with Crippen LogP contribution in [0.25, 0.3) is 6.08 Å². The average molecular weight is 389 g/mol. The zero-order chi connectivity index (χ0) is 18.5. The van der Waals surface area contributed by atoms with Gasteiger partial charge in [0, 0.05) is 0 Å². The van der Waals surface area contributed by atoms with Gasteiger partial charge in [-0.15, -0.1) is 23.1 Å². The molecular formula is C19H19NO4S2. The summed E-state index contributed by atoms with van der Waals surface area (Å²) in [5, 5.41) is 2.79. The summed E-state index contributed by atoms with van der Waals surface area (Å²) in [7, 11) is 1.59. The Hall–Kier alpha value is -2.25. The lowest BCUT2D eigenvalue weighted by atomic mass is 10.1. The second-order valence-corrected chi connectivity index (χ2v) is 7.90. The van der Waals surface area contributed by atoms with Crippen LogP contribution in [0.1, 0.15) is 28.6 Å². The number of ketones is 1. The van der Waals surface area contributed by atoms with Crippen LogP contribution in [0.15, 0.2) is 34.6 Å². The number of fused-ring (bicyclic) bond motifs is 1. The maximum Gasteiger partial charge on any atom is 0.234 e. The molecule has 0 spiro atoms. The van der Waals surface area contributed by atoms with Crippen LogP contribution in [-0.4, -0.2) is 31.2 Å². The molecule has 136 valence electrons. The van der Waals surface area contributed by atoms with Crippen LogP contribution >= 0.6 is 23.1 Å². The number of nitrogens with one attached hydrogen (secondary N) is 1. The average Bonchev–Trinajstić information content (AvgIpc) is 3.07. The third-order valence-electron chi connectivity index (χ3n) is 3.63. The van der Waals surface area contributed by atoms with E-state index in [0.29, 0.717) is 28.7 Å². The number of rotatable bonds is 7. The van der Waals surface area contributed by atoms with Crippen molar-refractivity contribution in [2.75, 3.05) is 24.8 Å². The number of ether oxygens (including phenoxy) is 2. The number of benzene rings is 1. The molecule has 0 fully saturated rings. The molecule has 7 heteroatoms. The second kappa shape index (κ2) is 8.42. The van der Waals surface area contributed by atoms with Crippen molar-refractivity contribution in [3.05, 3.63) is 40.8 Å². The van der Waals surface area contributed by atoms with Gasteiger partial charge in [-0.05, 0) is 36.3 Å². The number of hydrogen-bond donors (Lipinski definition) is 1. The van der Waals surface area contributed by atoms with Crippen molar-refractivity contribution < 1.29 is 19.1 Å². The van der Waals surface area contributed by atoms with Crippen LogP contribution in [-0.2, 0) is 4.79 Å². The maximum absolute atomic E-state index is 12.4. The minimum Gasteiger partial charge on any atom is -0.493 e. The topological polar surface area (TPSA) is 64.6 Å². The van der Waals surface area contributed by atoms with Crippen LogP contribution in [0.5, 0.6) is 11.5 Å². The van der Waals surface area contributed by atoms with Gasteiger partial charge in [0.1, 0.15) is 0 Å². The molecule has 1 N–H and O–H groups in total. The summed E-state index contributed by atoms with van der Waals surface area (Å²) >= 11 is 2.86. The number of anilines is 1. The van der Waals surface area contributed by atoms with Gasteiger partial charge in [-0.25, -0.2) is 0 Å². The second-order valence-electron chi connectivity index (χ2n) is 5.60. The summed E-state index contributed by atoms with van der Waals surface area (Å²) in [4.78, 5) is 24.5. The van der Waals surface area contributed by atoms with Crippen molar-refractivity contribution in [2.45, 2.75) is 17.6 Å². The number of carbonyl (C=O) groups excluding carboxylic acids is 2. The van der Waals surface area contributed by atoms with Gasteiger partial charge in [0.25, 0.3) is 0 Å². The minimum atomic E-state index is -0.0930. The number of carbonyl (C=O) groups is 2. The highest BCUT2D eigenvalue weighted by molar-refractivity contribution is 8.02. The largest absolute Gasteiger partial charge is 0.493 e. The van der Waals surface area contributed by atoms with Crippen molar-refractivity contribution >= 4 is 46.6 Å². The van der Waals surface area contributed by atoms with E-state index in [0.717, 1.165) is 21.9 Å². The van der Waals surface area contributed by atoms with E-state index in [4.69, 9.17) is 9.47 Å². The Kier molecular flexibility index (Phi) is 6.00.